The smallest absolute Gasteiger partial charge is 0.205 e. The summed E-state index contributed by atoms with van der Waals surface area (Å²) in [6.07, 6.45) is 4.04. The van der Waals surface area contributed by atoms with Crippen molar-refractivity contribution >= 4 is 55.3 Å². The maximum absolute atomic E-state index is 7.15. The normalized spacial score (nSPS) is 13.3. The highest BCUT2D eigenvalue weighted by Crippen LogP contribution is 2.40. The zero-order valence-electron chi connectivity index (χ0n) is 24.9. The molecule has 0 saturated heterocycles. The van der Waals surface area contributed by atoms with Crippen LogP contribution in [0.2, 0.25) is 0 Å². The Balaban J connectivity index is 1.46. The Labute approximate surface area is 261 Å². The first kappa shape index (κ1) is 26.7. The van der Waals surface area contributed by atoms with Gasteiger partial charge in [0, 0.05) is 33.7 Å². The van der Waals surface area contributed by atoms with Gasteiger partial charge in [0.15, 0.2) is 0 Å². The summed E-state index contributed by atoms with van der Waals surface area (Å²) in [6.45, 7) is 2.19. The summed E-state index contributed by atoms with van der Waals surface area (Å²) in [7, 11) is 0. The van der Waals surface area contributed by atoms with E-state index in [2.05, 4.69) is 125 Å². The number of nitrogens with zero attached hydrogens (tertiary/aromatic N) is 4. The van der Waals surface area contributed by atoms with Crippen LogP contribution < -0.4 is 5.73 Å². The number of aromatic nitrogens is 3. The number of allylic oxidation sites excluding steroid dienone is 1. The molecule has 5 heteroatoms. The standard InChI is InChI=1S/C40H31N5/c1-27(28-14-4-2-5-15-28)26-34(29-16-6-3-7-17-29)43-40(41)45-36-21-11-9-19-31(36)33-24-23-32-30-18-8-10-20-35(30)44(38(32)39(33)45)37-22-12-13-25-42-37/h2-27H,1H3,(H2,41,43)/b34-26-. The minimum atomic E-state index is 0.134. The molecule has 0 spiro atoms. The molecule has 0 radical (unpaired) electrons. The van der Waals surface area contributed by atoms with Gasteiger partial charge in [-0.3, -0.25) is 9.13 Å². The molecule has 0 bridgehead atoms. The average molecular weight is 582 g/mol. The van der Waals surface area contributed by atoms with Crippen LogP contribution >= 0.6 is 0 Å². The van der Waals surface area contributed by atoms with E-state index in [-0.39, 0.29) is 5.92 Å². The van der Waals surface area contributed by atoms with Crippen molar-refractivity contribution in [2.45, 2.75) is 12.8 Å². The molecule has 1 unspecified atom stereocenters. The van der Waals surface area contributed by atoms with E-state index in [0.29, 0.717) is 5.96 Å². The lowest BCUT2D eigenvalue weighted by Gasteiger charge is -2.13. The van der Waals surface area contributed by atoms with Crippen molar-refractivity contribution in [2.75, 3.05) is 0 Å². The molecular weight excluding hydrogens is 550 g/mol. The maximum atomic E-state index is 7.15. The Morgan fingerprint density at radius 2 is 1.24 bits per heavy atom. The van der Waals surface area contributed by atoms with E-state index in [1.165, 1.54) is 5.56 Å². The number of hydrogen-bond acceptors (Lipinski definition) is 2. The molecule has 3 aromatic heterocycles. The van der Waals surface area contributed by atoms with E-state index >= 15 is 0 Å². The number of aliphatic imine (C=N–C) groups is 1. The SMILES string of the molecule is CC(/C=C(\N=C(N)n1c2ccccc2c2ccc3c4ccccc4n(-c4ccccn4)c3c21)c1ccccc1)c1ccccc1. The van der Waals surface area contributed by atoms with Crippen LogP contribution in [0.25, 0.3) is 55.1 Å². The third-order valence-electron chi connectivity index (χ3n) is 8.61. The zero-order chi connectivity index (χ0) is 30.3. The van der Waals surface area contributed by atoms with Crippen LogP contribution in [-0.2, 0) is 0 Å². The van der Waals surface area contributed by atoms with E-state index in [9.17, 15) is 0 Å². The number of nitrogens with two attached hydrogens (primary N) is 1. The maximum Gasteiger partial charge on any atom is 0.205 e. The summed E-state index contributed by atoms with van der Waals surface area (Å²) in [4.78, 5) is 10.0. The van der Waals surface area contributed by atoms with Crippen molar-refractivity contribution in [2.24, 2.45) is 10.7 Å². The van der Waals surface area contributed by atoms with Crippen LogP contribution in [0.5, 0.6) is 0 Å². The monoisotopic (exact) mass is 581 g/mol. The van der Waals surface area contributed by atoms with Crippen LogP contribution in [0.3, 0.4) is 0 Å². The lowest BCUT2D eigenvalue weighted by atomic mass is 9.98. The second-order valence-corrected chi connectivity index (χ2v) is 11.3. The molecule has 8 aromatic rings. The van der Waals surface area contributed by atoms with E-state index < -0.39 is 0 Å². The molecule has 8 rings (SSSR count). The first-order valence-corrected chi connectivity index (χ1v) is 15.2. The molecule has 45 heavy (non-hydrogen) atoms. The van der Waals surface area contributed by atoms with Crippen LogP contribution in [-0.4, -0.2) is 20.1 Å². The molecule has 1 atom stereocenters. The number of rotatable bonds is 5. The van der Waals surface area contributed by atoms with Gasteiger partial charge in [-0.15, -0.1) is 0 Å². The molecule has 5 aromatic carbocycles. The molecule has 0 aliphatic rings. The van der Waals surface area contributed by atoms with Gasteiger partial charge < -0.3 is 5.73 Å². The molecule has 216 valence electrons. The predicted molar refractivity (Wildman–Crippen MR) is 188 cm³/mol. The highest BCUT2D eigenvalue weighted by molar-refractivity contribution is 6.25. The third-order valence-corrected chi connectivity index (χ3v) is 8.61. The second kappa shape index (κ2) is 11.0. The molecular formula is C40H31N5. The summed E-state index contributed by atoms with van der Waals surface area (Å²) in [6, 6.07) is 48.1. The van der Waals surface area contributed by atoms with E-state index in [4.69, 9.17) is 15.7 Å². The Kier molecular flexibility index (Phi) is 6.50. The van der Waals surface area contributed by atoms with Gasteiger partial charge in [0.05, 0.1) is 27.8 Å². The quantitative estimate of drug-likeness (QED) is 0.163. The molecule has 0 fully saturated rings. The number of para-hydroxylation sites is 2. The Morgan fingerprint density at radius 3 is 1.96 bits per heavy atom. The van der Waals surface area contributed by atoms with Gasteiger partial charge in [-0.25, -0.2) is 9.98 Å². The second-order valence-electron chi connectivity index (χ2n) is 11.3. The first-order valence-electron chi connectivity index (χ1n) is 15.2. The Morgan fingerprint density at radius 1 is 0.644 bits per heavy atom. The van der Waals surface area contributed by atoms with Gasteiger partial charge in [0.2, 0.25) is 5.96 Å². The first-order chi connectivity index (χ1) is 22.2. The minimum Gasteiger partial charge on any atom is -0.369 e. The van der Waals surface area contributed by atoms with Gasteiger partial charge in [0.1, 0.15) is 5.82 Å². The fourth-order valence-electron chi connectivity index (χ4n) is 6.53. The van der Waals surface area contributed by atoms with Gasteiger partial charge in [0.25, 0.3) is 0 Å². The number of fused-ring (bicyclic) bond motifs is 7. The molecule has 2 N–H and O–H groups in total. The number of hydrogen-bond donors (Lipinski definition) is 1. The van der Waals surface area contributed by atoms with E-state index in [1.807, 2.05) is 42.6 Å². The average Bonchev–Trinajstić information content (AvgIpc) is 3.62. The van der Waals surface area contributed by atoms with Crippen LogP contribution in [0.15, 0.2) is 157 Å². The molecule has 0 aliphatic carbocycles. The third kappa shape index (κ3) is 4.48. The van der Waals surface area contributed by atoms with Crippen molar-refractivity contribution in [3.8, 4) is 5.82 Å². The topological polar surface area (TPSA) is 61.1 Å². The lowest BCUT2D eigenvalue weighted by Crippen LogP contribution is -2.22. The number of benzene rings is 5. The molecule has 0 saturated carbocycles. The van der Waals surface area contributed by atoms with Gasteiger partial charge in [-0.05, 0) is 35.4 Å². The van der Waals surface area contributed by atoms with E-state index in [0.717, 1.165) is 60.7 Å². The van der Waals surface area contributed by atoms with Crippen LogP contribution in [0.4, 0.5) is 0 Å². The molecule has 3 heterocycles. The van der Waals surface area contributed by atoms with Gasteiger partial charge in [-0.2, -0.15) is 0 Å². The van der Waals surface area contributed by atoms with E-state index in [1.54, 1.807) is 0 Å². The van der Waals surface area contributed by atoms with Gasteiger partial charge >= 0.3 is 0 Å². The molecule has 0 aliphatic heterocycles. The summed E-state index contributed by atoms with van der Waals surface area (Å²) >= 11 is 0. The largest absolute Gasteiger partial charge is 0.369 e. The van der Waals surface area contributed by atoms with Crippen LogP contribution in [0, 0.1) is 0 Å². The van der Waals surface area contributed by atoms with Crippen molar-refractivity contribution in [1.82, 2.24) is 14.1 Å². The highest BCUT2D eigenvalue weighted by Gasteiger charge is 2.22. The fraction of sp³-hybridized carbons (Fsp3) is 0.0500. The van der Waals surface area contributed by atoms with Crippen LogP contribution in [0.1, 0.15) is 24.0 Å². The lowest BCUT2D eigenvalue weighted by molar-refractivity contribution is 0.966. The van der Waals surface area contributed by atoms with Crippen molar-refractivity contribution in [3.05, 3.63) is 163 Å². The molecule has 0 amide bonds. The Bertz CT molecular complexity index is 2380. The Hall–Kier alpha value is -5.94. The van der Waals surface area contributed by atoms with Gasteiger partial charge in [-0.1, -0.05) is 128 Å². The zero-order valence-corrected chi connectivity index (χ0v) is 24.9. The molecule has 5 nitrogen and oxygen atoms in total. The summed E-state index contributed by atoms with van der Waals surface area (Å²) < 4.78 is 4.37. The van der Waals surface area contributed by atoms with Crippen molar-refractivity contribution in [1.29, 1.82) is 0 Å². The minimum absolute atomic E-state index is 0.134. The fourth-order valence-corrected chi connectivity index (χ4v) is 6.53. The summed E-state index contributed by atoms with van der Waals surface area (Å²) in [5.74, 6) is 1.39. The van der Waals surface area contributed by atoms with Crippen molar-refractivity contribution < 1.29 is 0 Å². The summed E-state index contributed by atoms with van der Waals surface area (Å²) in [5.41, 5.74) is 14.3. The predicted octanol–water partition coefficient (Wildman–Crippen LogP) is 9.29. The van der Waals surface area contributed by atoms with Crippen molar-refractivity contribution in [3.63, 3.8) is 0 Å². The highest BCUT2D eigenvalue weighted by atomic mass is 15.2. The summed E-state index contributed by atoms with van der Waals surface area (Å²) in [5, 5.41) is 4.53. The number of pyridine rings is 1.